The van der Waals surface area contributed by atoms with Crippen molar-refractivity contribution in [3.8, 4) is 0 Å². The van der Waals surface area contributed by atoms with Crippen LogP contribution >= 0.6 is 24.0 Å². The summed E-state index contributed by atoms with van der Waals surface area (Å²) in [6.07, 6.45) is 4.80. The third-order valence-electron chi connectivity index (χ3n) is 5.75. The van der Waals surface area contributed by atoms with Crippen LogP contribution in [0, 0.1) is 5.92 Å². The number of ketones is 1. The molecule has 0 atom stereocenters. The summed E-state index contributed by atoms with van der Waals surface area (Å²) in [6.45, 7) is 3.98. The number of Topliss-reactive ketones (excluding diaryl/α,β-unsaturated/α-hetero) is 1. The van der Waals surface area contributed by atoms with Crippen LogP contribution in [0.1, 0.15) is 41.9 Å². The van der Waals surface area contributed by atoms with Gasteiger partial charge in [0.05, 0.1) is 6.54 Å². The zero-order valence-electron chi connectivity index (χ0n) is 15.8. The van der Waals surface area contributed by atoms with Gasteiger partial charge in [0, 0.05) is 36.0 Å². The number of carbonyl (C=O) groups excluding carboxylic acids is 1. The maximum atomic E-state index is 12.6. The molecule has 1 aromatic carbocycles. The minimum Gasteiger partial charge on any atom is -0.301 e. The van der Waals surface area contributed by atoms with Crippen molar-refractivity contribution in [2.24, 2.45) is 5.92 Å². The number of piperidine rings is 1. The summed E-state index contributed by atoms with van der Waals surface area (Å²) in [6, 6.07) is 7.16. The molecular weight excluding hydrogens is 399 g/mol. The third kappa shape index (κ3) is 4.50. The molecule has 4 rings (SSSR count). The summed E-state index contributed by atoms with van der Waals surface area (Å²) in [5.41, 5.74) is 0.769. The van der Waals surface area contributed by atoms with Crippen molar-refractivity contribution in [3.05, 3.63) is 51.2 Å². The highest BCUT2D eigenvalue weighted by atomic mass is 35.5. The second-order valence-electron chi connectivity index (χ2n) is 7.52. The van der Waals surface area contributed by atoms with Gasteiger partial charge < -0.3 is 4.90 Å². The highest BCUT2D eigenvalue weighted by Gasteiger charge is 2.26. The first-order valence-electron chi connectivity index (χ1n) is 9.80. The van der Waals surface area contributed by atoms with E-state index in [-0.39, 0.29) is 29.8 Å². The lowest BCUT2D eigenvalue weighted by molar-refractivity contribution is 0.0836. The smallest absolute Gasteiger partial charge is 0.301 e. The standard InChI is InChI=1S/C20H25ClN4O2.ClH/c21-17-6-4-15(5-7-17)19(26)16-8-11-23(12-9-16)13-14-25-20(27)24-10-2-1-3-18(24)22-25;/h4-7,16H,1-3,8-14H2;1H. The molecule has 2 aliphatic heterocycles. The van der Waals surface area contributed by atoms with Gasteiger partial charge in [-0.2, -0.15) is 5.10 Å². The Morgan fingerprint density at radius 3 is 2.46 bits per heavy atom. The zero-order valence-corrected chi connectivity index (χ0v) is 17.4. The number of hydrogen-bond acceptors (Lipinski definition) is 4. The summed E-state index contributed by atoms with van der Waals surface area (Å²) in [5, 5.41) is 5.15. The highest BCUT2D eigenvalue weighted by Crippen LogP contribution is 2.22. The Hall–Kier alpha value is -1.63. The Kier molecular flexibility index (Phi) is 6.96. The summed E-state index contributed by atoms with van der Waals surface area (Å²) in [4.78, 5) is 27.4. The molecule has 3 heterocycles. The van der Waals surface area contributed by atoms with Gasteiger partial charge in [0.1, 0.15) is 5.82 Å². The van der Waals surface area contributed by atoms with Crippen LogP contribution in [0.25, 0.3) is 0 Å². The molecule has 6 nitrogen and oxygen atoms in total. The Bertz CT molecular complexity index is 867. The van der Waals surface area contributed by atoms with Gasteiger partial charge >= 0.3 is 5.69 Å². The van der Waals surface area contributed by atoms with Gasteiger partial charge in [0.25, 0.3) is 0 Å². The van der Waals surface area contributed by atoms with Gasteiger partial charge in [-0.05, 0) is 63.0 Å². The summed E-state index contributed by atoms with van der Waals surface area (Å²) >= 11 is 5.90. The Morgan fingerprint density at radius 2 is 1.79 bits per heavy atom. The predicted octanol–water partition coefficient (Wildman–Crippen LogP) is 3.05. The van der Waals surface area contributed by atoms with E-state index in [4.69, 9.17) is 11.6 Å². The highest BCUT2D eigenvalue weighted by molar-refractivity contribution is 6.30. The van der Waals surface area contributed by atoms with E-state index < -0.39 is 0 Å². The van der Waals surface area contributed by atoms with E-state index in [9.17, 15) is 9.59 Å². The van der Waals surface area contributed by atoms with Gasteiger partial charge in [-0.15, -0.1) is 12.4 Å². The Labute approximate surface area is 175 Å². The molecule has 2 aliphatic rings. The van der Waals surface area contributed by atoms with E-state index in [1.165, 1.54) is 0 Å². The second-order valence-corrected chi connectivity index (χ2v) is 7.95. The van der Waals surface area contributed by atoms with Crippen LogP contribution in [-0.2, 0) is 19.5 Å². The number of aromatic nitrogens is 3. The molecule has 0 amide bonds. The quantitative estimate of drug-likeness (QED) is 0.691. The van der Waals surface area contributed by atoms with Crippen LogP contribution in [0.3, 0.4) is 0 Å². The molecule has 1 fully saturated rings. The average molecular weight is 425 g/mol. The molecule has 152 valence electrons. The van der Waals surface area contributed by atoms with Gasteiger partial charge in [-0.25, -0.2) is 9.48 Å². The fourth-order valence-electron chi connectivity index (χ4n) is 4.10. The molecule has 0 saturated carbocycles. The van der Waals surface area contributed by atoms with Crippen molar-refractivity contribution in [2.75, 3.05) is 19.6 Å². The zero-order chi connectivity index (χ0) is 18.8. The fourth-order valence-corrected chi connectivity index (χ4v) is 4.22. The number of hydrogen-bond donors (Lipinski definition) is 0. The van der Waals surface area contributed by atoms with Gasteiger partial charge in [0.2, 0.25) is 0 Å². The number of likely N-dealkylation sites (tertiary alicyclic amines) is 1. The lowest BCUT2D eigenvalue weighted by Crippen LogP contribution is -2.39. The molecule has 0 spiro atoms. The van der Waals surface area contributed by atoms with E-state index in [1.807, 2.05) is 16.7 Å². The van der Waals surface area contributed by atoms with E-state index in [0.717, 1.165) is 69.7 Å². The maximum absolute atomic E-state index is 12.6. The SMILES string of the molecule is Cl.O=C(c1ccc(Cl)cc1)C1CCN(CCn2nc3n(c2=O)CCCC3)CC1. The number of nitrogens with zero attached hydrogens (tertiary/aromatic N) is 4. The number of halogens is 2. The Morgan fingerprint density at radius 1 is 1.07 bits per heavy atom. The first kappa shape index (κ1) is 21.1. The molecule has 28 heavy (non-hydrogen) atoms. The molecular formula is C20H26Cl2N4O2. The lowest BCUT2D eigenvalue weighted by atomic mass is 9.89. The van der Waals surface area contributed by atoms with Crippen LogP contribution < -0.4 is 5.69 Å². The van der Waals surface area contributed by atoms with Crippen molar-refractivity contribution >= 4 is 29.8 Å². The molecule has 0 bridgehead atoms. The van der Waals surface area contributed by atoms with Gasteiger partial charge in [0.15, 0.2) is 5.78 Å². The van der Waals surface area contributed by atoms with Crippen LogP contribution in [0.4, 0.5) is 0 Å². The van der Waals surface area contributed by atoms with Crippen molar-refractivity contribution in [1.29, 1.82) is 0 Å². The molecule has 1 aromatic heterocycles. The molecule has 1 saturated heterocycles. The summed E-state index contributed by atoms with van der Waals surface area (Å²) < 4.78 is 3.44. The minimum absolute atomic E-state index is 0. The van der Waals surface area contributed by atoms with E-state index >= 15 is 0 Å². The number of benzene rings is 1. The maximum Gasteiger partial charge on any atom is 0.345 e. The molecule has 0 unspecified atom stereocenters. The van der Waals surface area contributed by atoms with Gasteiger partial charge in [-0.1, -0.05) is 11.6 Å². The molecule has 8 heteroatoms. The monoisotopic (exact) mass is 424 g/mol. The molecule has 0 radical (unpaired) electrons. The van der Waals surface area contributed by atoms with Crippen LogP contribution in [-0.4, -0.2) is 44.7 Å². The van der Waals surface area contributed by atoms with E-state index in [2.05, 4.69) is 10.00 Å². The number of aryl methyl sites for hydroxylation is 1. The number of fused-ring (bicyclic) bond motifs is 1. The fraction of sp³-hybridized carbons (Fsp3) is 0.550. The van der Waals surface area contributed by atoms with E-state index in [1.54, 1.807) is 16.8 Å². The summed E-state index contributed by atoms with van der Waals surface area (Å²) in [7, 11) is 0. The van der Waals surface area contributed by atoms with Crippen LogP contribution in [0.15, 0.2) is 29.1 Å². The summed E-state index contributed by atoms with van der Waals surface area (Å²) in [5.74, 6) is 1.22. The van der Waals surface area contributed by atoms with Crippen molar-refractivity contribution in [1.82, 2.24) is 19.2 Å². The molecule has 2 aromatic rings. The number of carbonyl (C=O) groups is 1. The van der Waals surface area contributed by atoms with Crippen molar-refractivity contribution in [3.63, 3.8) is 0 Å². The predicted molar refractivity (Wildman–Crippen MR) is 112 cm³/mol. The largest absolute Gasteiger partial charge is 0.345 e. The third-order valence-corrected chi connectivity index (χ3v) is 6.00. The van der Waals surface area contributed by atoms with Crippen LogP contribution in [0.5, 0.6) is 0 Å². The van der Waals surface area contributed by atoms with Crippen molar-refractivity contribution < 1.29 is 4.79 Å². The Balaban J connectivity index is 0.00000225. The van der Waals surface area contributed by atoms with Gasteiger partial charge in [-0.3, -0.25) is 9.36 Å². The lowest BCUT2D eigenvalue weighted by Gasteiger charge is -2.31. The first-order chi connectivity index (χ1) is 13.1. The normalized spacial score (nSPS) is 17.8. The molecule has 0 N–H and O–H groups in total. The first-order valence-corrected chi connectivity index (χ1v) is 10.2. The molecule has 0 aliphatic carbocycles. The minimum atomic E-state index is 0. The second kappa shape index (κ2) is 9.25. The average Bonchev–Trinajstić information content (AvgIpc) is 3.03. The topological polar surface area (TPSA) is 60.1 Å². The number of rotatable bonds is 5. The van der Waals surface area contributed by atoms with Crippen molar-refractivity contribution in [2.45, 2.75) is 45.2 Å². The van der Waals surface area contributed by atoms with Crippen LogP contribution in [0.2, 0.25) is 5.02 Å². The van der Waals surface area contributed by atoms with E-state index in [0.29, 0.717) is 11.6 Å².